The Morgan fingerprint density at radius 3 is 2.87 bits per heavy atom. The normalized spacial score (nSPS) is 10.3. The van der Waals surface area contributed by atoms with E-state index in [1.165, 1.54) is 0 Å². The van der Waals surface area contributed by atoms with Crippen molar-refractivity contribution in [3.05, 3.63) is 11.9 Å². The minimum absolute atomic E-state index is 0.173. The lowest BCUT2D eigenvalue weighted by molar-refractivity contribution is 0.322. The van der Waals surface area contributed by atoms with Crippen molar-refractivity contribution in [2.45, 2.75) is 24.8 Å². The van der Waals surface area contributed by atoms with E-state index in [0.29, 0.717) is 5.75 Å². The van der Waals surface area contributed by atoms with Gasteiger partial charge in [0.25, 0.3) is 0 Å². The van der Waals surface area contributed by atoms with E-state index in [4.69, 9.17) is 5.11 Å². The van der Waals surface area contributed by atoms with Gasteiger partial charge in [0.1, 0.15) is 16.7 Å². The maximum absolute atomic E-state index is 8.75. The van der Waals surface area contributed by atoms with Crippen molar-refractivity contribution >= 4 is 17.6 Å². The SMILES string of the molecule is CCCc1nc(NC)cc(SCCO)n1. The van der Waals surface area contributed by atoms with Crippen molar-refractivity contribution in [2.75, 3.05) is 24.7 Å². The molecule has 15 heavy (non-hydrogen) atoms. The van der Waals surface area contributed by atoms with Gasteiger partial charge in [-0.05, 0) is 6.42 Å². The lowest BCUT2D eigenvalue weighted by Crippen LogP contribution is -2.01. The zero-order chi connectivity index (χ0) is 11.1. The molecule has 0 atom stereocenters. The van der Waals surface area contributed by atoms with Gasteiger partial charge in [-0.3, -0.25) is 0 Å². The van der Waals surface area contributed by atoms with Crippen LogP contribution in [0.3, 0.4) is 0 Å². The fourth-order valence-corrected chi connectivity index (χ4v) is 1.83. The van der Waals surface area contributed by atoms with E-state index in [1.807, 2.05) is 13.1 Å². The number of hydrogen-bond acceptors (Lipinski definition) is 5. The Labute approximate surface area is 94.5 Å². The summed E-state index contributed by atoms with van der Waals surface area (Å²) < 4.78 is 0. The molecule has 0 aliphatic rings. The molecule has 1 rings (SSSR count). The van der Waals surface area contributed by atoms with Crippen LogP contribution in [0.1, 0.15) is 19.2 Å². The molecule has 0 spiro atoms. The molecule has 1 aromatic rings. The number of rotatable bonds is 6. The second-order valence-corrected chi connectivity index (χ2v) is 4.19. The second kappa shape index (κ2) is 6.63. The van der Waals surface area contributed by atoms with Gasteiger partial charge in [-0.2, -0.15) is 0 Å². The monoisotopic (exact) mass is 227 g/mol. The predicted octanol–water partition coefficient (Wildman–Crippen LogP) is 1.56. The van der Waals surface area contributed by atoms with E-state index in [-0.39, 0.29) is 6.61 Å². The summed E-state index contributed by atoms with van der Waals surface area (Å²) in [7, 11) is 1.85. The second-order valence-electron chi connectivity index (χ2n) is 3.08. The summed E-state index contributed by atoms with van der Waals surface area (Å²) in [6.07, 6.45) is 1.93. The van der Waals surface area contributed by atoms with Crippen LogP contribution < -0.4 is 5.32 Å². The van der Waals surface area contributed by atoms with Gasteiger partial charge in [0.05, 0.1) is 6.61 Å². The summed E-state index contributed by atoms with van der Waals surface area (Å²) in [5, 5.41) is 12.7. The lowest BCUT2D eigenvalue weighted by Gasteiger charge is -2.06. The molecule has 1 heterocycles. The van der Waals surface area contributed by atoms with E-state index in [0.717, 1.165) is 29.5 Å². The highest BCUT2D eigenvalue weighted by molar-refractivity contribution is 7.99. The van der Waals surface area contributed by atoms with Crippen LogP contribution in [0.15, 0.2) is 11.1 Å². The van der Waals surface area contributed by atoms with Crippen molar-refractivity contribution in [2.24, 2.45) is 0 Å². The first-order valence-electron chi connectivity index (χ1n) is 5.09. The van der Waals surface area contributed by atoms with Crippen molar-refractivity contribution in [3.63, 3.8) is 0 Å². The fraction of sp³-hybridized carbons (Fsp3) is 0.600. The number of hydrogen-bond donors (Lipinski definition) is 2. The number of aliphatic hydroxyl groups is 1. The summed E-state index contributed by atoms with van der Waals surface area (Å²) in [5.41, 5.74) is 0. The molecule has 0 amide bonds. The van der Waals surface area contributed by atoms with Gasteiger partial charge in [-0.25, -0.2) is 9.97 Å². The molecule has 5 heteroatoms. The quantitative estimate of drug-likeness (QED) is 0.570. The highest BCUT2D eigenvalue weighted by Crippen LogP contribution is 2.18. The van der Waals surface area contributed by atoms with Crippen LogP contribution in [-0.2, 0) is 6.42 Å². The molecular weight excluding hydrogens is 210 g/mol. The standard InChI is InChI=1S/C10H17N3OS/c1-3-4-8-12-9(11-2)7-10(13-8)15-6-5-14/h7,14H,3-6H2,1-2H3,(H,11,12,13). The molecule has 0 unspecified atom stereocenters. The summed E-state index contributed by atoms with van der Waals surface area (Å²) in [6.45, 7) is 2.28. The summed E-state index contributed by atoms with van der Waals surface area (Å²) >= 11 is 1.55. The zero-order valence-electron chi connectivity index (χ0n) is 9.16. The molecule has 0 aliphatic carbocycles. The molecule has 0 aliphatic heterocycles. The number of thioether (sulfide) groups is 1. The molecule has 0 aromatic carbocycles. The molecule has 1 aromatic heterocycles. The Kier molecular flexibility index (Phi) is 5.42. The Bertz CT molecular complexity index is 307. The molecule has 0 bridgehead atoms. The third-order valence-electron chi connectivity index (χ3n) is 1.82. The van der Waals surface area contributed by atoms with Gasteiger partial charge in [0.2, 0.25) is 0 Å². The number of anilines is 1. The molecule has 0 saturated carbocycles. The molecule has 0 fully saturated rings. The molecule has 0 radical (unpaired) electrons. The highest BCUT2D eigenvalue weighted by Gasteiger charge is 2.03. The molecular formula is C10H17N3OS. The van der Waals surface area contributed by atoms with E-state index in [9.17, 15) is 0 Å². The van der Waals surface area contributed by atoms with Crippen molar-refractivity contribution in [1.82, 2.24) is 9.97 Å². The maximum Gasteiger partial charge on any atom is 0.132 e. The predicted molar refractivity (Wildman–Crippen MR) is 63.4 cm³/mol. The van der Waals surface area contributed by atoms with Crippen LogP contribution in [0.5, 0.6) is 0 Å². The van der Waals surface area contributed by atoms with E-state index >= 15 is 0 Å². The summed E-state index contributed by atoms with van der Waals surface area (Å²) in [4.78, 5) is 8.76. The topological polar surface area (TPSA) is 58.0 Å². The minimum atomic E-state index is 0.173. The van der Waals surface area contributed by atoms with Gasteiger partial charge in [0, 0.05) is 25.3 Å². The molecule has 2 N–H and O–H groups in total. The van der Waals surface area contributed by atoms with Crippen molar-refractivity contribution < 1.29 is 5.11 Å². The average Bonchev–Trinajstić information content (AvgIpc) is 2.26. The van der Waals surface area contributed by atoms with Gasteiger partial charge < -0.3 is 10.4 Å². The third-order valence-corrected chi connectivity index (χ3v) is 2.71. The minimum Gasteiger partial charge on any atom is -0.396 e. The Balaban J connectivity index is 2.79. The lowest BCUT2D eigenvalue weighted by atomic mass is 10.3. The highest BCUT2D eigenvalue weighted by atomic mass is 32.2. The van der Waals surface area contributed by atoms with Gasteiger partial charge in [-0.15, -0.1) is 11.8 Å². The molecule has 84 valence electrons. The Morgan fingerprint density at radius 1 is 1.47 bits per heavy atom. The van der Waals surface area contributed by atoms with Crippen LogP contribution in [0.2, 0.25) is 0 Å². The van der Waals surface area contributed by atoms with E-state index in [1.54, 1.807) is 11.8 Å². The number of aryl methyl sites for hydroxylation is 1. The van der Waals surface area contributed by atoms with Crippen molar-refractivity contribution in [1.29, 1.82) is 0 Å². The fourth-order valence-electron chi connectivity index (χ4n) is 1.16. The van der Waals surface area contributed by atoms with E-state index in [2.05, 4.69) is 22.2 Å². The smallest absolute Gasteiger partial charge is 0.132 e. The summed E-state index contributed by atoms with van der Waals surface area (Å²) in [5.74, 6) is 2.38. The number of aliphatic hydroxyl groups excluding tert-OH is 1. The largest absolute Gasteiger partial charge is 0.396 e. The molecule has 0 saturated heterocycles. The Hall–Kier alpha value is -0.810. The summed E-state index contributed by atoms with van der Waals surface area (Å²) in [6, 6.07) is 1.90. The molecule has 4 nitrogen and oxygen atoms in total. The Morgan fingerprint density at radius 2 is 2.27 bits per heavy atom. The zero-order valence-corrected chi connectivity index (χ0v) is 9.97. The average molecular weight is 227 g/mol. The van der Waals surface area contributed by atoms with Gasteiger partial charge >= 0.3 is 0 Å². The first kappa shape index (κ1) is 12.3. The van der Waals surface area contributed by atoms with Crippen LogP contribution >= 0.6 is 11.8 Å². The van der Waals surface area contributed by atoms with Crippen LogP contribution in [0, 0.1) is 0 Å². The third kappa shape index (κ3) is 4.05. The van der Waals surface area contributed by atoms with Crippen LogP contribution in [0.25, 0.3) is 0 Å². The van der Waals surface area contributed by atoms with Crippen LogP contribution in [0.4, 0.5) is 5.82 Å². The van der Waals surface area contributed by atoms with Gasteiger partial charge in [0.15, 0.2) is 0 Å². The first-order valence-corrected chi connectivity index (χ1v) is 6.08. The number of aromatic nitrogens is 2. The van der Waals surface area contributed by atoms with Gasteiger partial charge in [-0.1, -0.05) is 6.92 Å². The maximum atomic E-state index is 8.75. The number of nitrogens with one attached hydrogen (secondary N) is 1. The van der Waals surface area contributed by atoms with E-state index < -0.39 is 0 Å². The number of nitrogens with zero attached hydrogens (tertiary/aromatic N) is 2. The van der Waals surface area contributed by atoms with Crippen LogP contribution in [-0.4, -0.2) is 34.5 Å². The van der Waals surface area contributed by atoms with Crippen molar-refractivity contribution in [3.8, 4) is 0 Å². The first-order chi connectivity index (χ1) is 7.30.